The summed E-state index contributed by atoms with van der Waals surface area (Å²) in [6.07, 6.45) is 1.86. The monoisotopic (exact) mass is 518 g/mol. The zero-order valence-electron chi connectivity index (χ0n) is 18.7. The summed E-state index contributed by atoms with van der Waals surface area (Å²) in [7, 11) is 0. The topological polar surface area (TPSA) is 60.3 Å². The maximum Gasteiger partial charge on any atom is 0.273 e. The van der Waals surface area contributed by atoms with Gasteiger partial charge in [0.2, 0.25) is 0 Å². The molecule has 1 amide bonds. The molecule has 1 aromatic heterocycles. The molecule has 0 aliphatic heterocycles. The second-order valence-electron chi connectivity index (χ2n) is 7.74. The predicted molar refractivity (Wildman–Crippen MR) is 127 cm³/mol. The number of aromatic nitrogens is 1. The van der Waals surface area contributed by atoms with E-state index >= 15 is 0 Å². The SMILES string of the molecule is CCCCNC(=O)c1ccc(C)c(-n2c(C)cc(OCc3ccc(F)cc3F)c(Br)c2=O)c1. The van der Waals surface area contributed by atoms with Crippen LogP contribution in [0.15, 0.2) is 51.7 Å². The van der Waals surface area contributed by atoms with Gasteiger partial charge in [0.05, 0.1) is 5.69 Å². The third-order valence-electron chi connectivity index (χ3n) is 5.23. The zero-order chi connectivity index (χ0) is 24.1. The Morgan fingerprint density at radius 2 is 1.88 bits per heavy atom. The van der Waals surface area contributed by atoms with E-state index in [-0.39, 0.29) is 33.9 Å². The van der Waals surface area contributed by atoms with Gasteiger partial charge in [0, 0.05) is 35.5 Å². The van der Waals surface area contributed by atoms with E-state index in [1.165, 1.54) is 10.6 Å². The van der Waals surface area contributed by atoms with Crippen LogP contribution < -0.4 is 15.6 Å². The molecule has 0 radical (unpaired) electrons. The van der Waals surface area contributed by atoms with Crippen LogP contribution in [0, 0.1) is 25.5 Å². The van der Waals surface area contributed by atoms with Crippen molar-refractivity contribution in [1.29, 1.82) is 0 Å². The summed E-state index contributed by atoms with van der Waals surface area (Å²) in [4.78, 5) is 25.7. The van der Waals surface area contributed by atoms with E-state index in [1.807, 2.05) is 13.8 Å². The Balaban J connectivity index is 1.92. The van der Waals surface area contributed by atoms with Crippen LogP contribution in [0.1, 0.15) is 46.9 Å². The van der Waals surface area contributed by atoms with Crippen molar-refractivity contribution in [3.63, 3.8) is 0 Å². The number of hydrogen-bond acceptors (Lipinski definition) is 3. The molecule has 0 fully saturated rings. The van der Waals surface area contributed by atoms with Crippen LogP contribution in [0.25, 0.3) is 5.69 Å². The number of carbonyl (C=O) groups excluding carboxylic acids is 1. The van der Waals surface area contributed by atoms with Gasteiger partial charge < -0.3 is 10.1 Å². The first kappa shape index (κ1) is 24.6. The molecule has 2 aromatic carbocycles. The van der Waals surface area contributed by atoms with Gasteiger partial charge in [0.15, 0.2) is 0 Å². The Hall–Kier alpha value is -3.00. The molecule has 0 aliphatic carbocycles. The van der Waals surface area contributed by atoms with Gasteiger partial charge in [-0.2, -0.15) is 0 Å². The molecule has 0 aliphatic rings. The summed E-state index contributed by atoms with van der Waals surface area (Å²) < 4.78 is 34.3. The lowest BCUT2D eigenvalue weighted by atomic mass is 10.1. The standard InChI is InChI=1S/C25H25BrF2N2O3/c1-4-5-10-29-24(31)17-7-6-15(2)21(12-17)30-16(3)11-22(23(26)25(30)32)33-14-18-8-9-19(27)13-20(18)28/h6-9,11-13H,4-5,10,14H2,1-3H3,(H,29,31). The second kappa shape index (κ2) is 10.7. The molecule has 0 saturated heterocycles. The Morgan fingerprint density at radius 1 is 1.12 bits per heavy atom. The minimum Gasteiger partial charge on any atom is -0.487 e. The van der Waals surface area contributed by atoms with Crippen molar-refractivity contribution < 1.29 is 18.3 Å². The van der Waals surface area contributed by atoms with Gasteiger partial charge in [-0.1, -0.05) is 19.4 Å². The maximum absolute atomic E-state index is 13.9. The fraction of sp³-hybridized carbons (Fsp3) is 0.280. The summed E-state index contributed by atoms with van der Waals surface area (Å²) in [5.41, 5.74) is 2.22. The molecule has 5 nitrogen and oxygen atoms in total. The van der Waals surface area contributed by atoms with Gasteiger partial charge >= 0.3 is 0 Å². The van der Waals surface area contributed by atoms with Crippen LogP contribution in [-0.2, 0) is 6.61 Å². The van der Waals surface area contributed by atoms with E-state index in [2.05, 4.69) is 21.2 Å². The highest BCUT2D eigenvalue weighted by atomic mass is 79.9. The van der Waals surface area contributed by atoms with E-state index < -0.39 is 11.6 Å². The first-order valence-electron chi connectivity index (χ1n) is 10.6. The van der Waals surface area contributed by atoms with Crippen molar-refractivity contribution in [2.24, 2.45) is 0 Å². The average molecular weight is 519 g/mol. The number of amides is 1. The van der Waals surface area contributed by atoms with Gasteiger partial charge in [-0.25, -0.2) is 8.78 Å². The minimum absolute atomic E-state index is 0.160. The molecule has 3 aromatic rings. The largest absolute Gasteiger partial charge is 0.487 e. The van der Waals surface area contributed by atoms with E-state index in [9.17, 15) is 18.4 Å². The van der Waals surface area contributed by atoms with E-state index in [4.69, 9.17) is 4.74 Å². The van der Waals surface area contributed by atoms with Gasteiger partial charge in [-0.05, 0) is 66.0 Å². The molecule has 0 saturated carbocycles. The highest BCUT2D eigenvalue weighted by molar-refractivity contribution is 9.10. The molecule has 0 spiro atoms. The molecule has 8 heteroatoms. The van der Waals surface area contributed by atoms with Gasteiger partial charge in [0.25, 0.3) is 11.5 Å². The molecule has 1 N–H and O–H groups in total. The quantitative estimate of drug-likeness (QED) is 0.394. The Kier molecular flexibility index (Phi) is 8.02. The van der Waals surface area contributed by atoms with Crippen LogP contribution in [0.4, 0.5) is 8.78 Å². The predicted octanol–water partition coefficient (Wildman–Crippen LogP) is 5.60. The zero-order valence-corrected chi connectivity index (χ0v) is 20.3. The van der Waals surface area contributed by atoms with Crippen molar-refractivity contribution in [3.05, 3.63) is 91.3 Å². The summed E-state index contributed by atoms with van der Waals surface area (Å²) >= 11 is 3.29. The van der Waals surface area contributed by atoms with E-state index in [1.54, 1.807) is 31.2 Å². The molecular weight excluding hydrogens is 494 g/mol. The number of nitrogens with zero attached hydrogens (tertiary/aromatic N) is 1. The van der Waals surface area contributed by atoms with Gasteiger partial charge in [-0.15, -0.1) is 0 Å². The number of halogens is 3. The van der Waals surface area contributed by atoms with Crippen molar-refractivity contribution in [2.75, 3.05) is 6.54 Å². The van der Waals surface area contributed by atoms with Crippen LogP contribution in [-0.4, -0.2) is 17.0 Å². The number of carbonyl (C=O) groups is 1. The number of benzene rings is 2. The van der Waals surface area contributed by atoms with Gasteiger partial charge in [0.1, 0.15) is 28.5 Å². The molecule has 3 rings (SSSR count). The van der Waals surface area contributed by atoms with Gasteiger partial charge in [-0.3, -0.25) is 14.2 Å². The molecule has 33 heavy (non-hydrogen) atoms. The van der Waals surface area contributed by atoms with Crippen molar-refractivity contribution in [2.45, 2.75) is 40.2 Å². The average Bonchev–Trinajstić information content (AvgIpc) is 2.77. The lowest BCUT2D eigenvalue weighted by Gasteiger charge is -2.17. The summed E-state index contributed by atoms with van der Waals surface area (Å²) in [6, 6.07) is 10.1. The van der Waals surface area contributed by atoms with Crippen molar-refractivity contribution in [1.82, 2.24) is 9.88 Å². The number of aryl methyl sites for hydroxylation is 2. The maximum atomic E-state index is 13.9. The molecule has 0 unspecified atom stereocenters. The smallest absolute Gasteiger partial charge is 0.273 e. The normalized spacial score (nSPS) is 10.8. The second-order valence-corrected chi connectivity index (χ2v) is 8.53. The van der Waals surface area contributed by atoms with E-state index in [0.717, 1.165) is 30.5 Å². The molecular formula is C25H25BrF2N2O3. The Bertz CT molecular complexity index is 1240. The molecule has 0 atom stereocenters. The highest BCUT2D eigenvalue weighted by Crippen LogP contribution is 2.26. The van der Waals surface area contributed by atoms with Crippen LogP contribution in [0.2, 0.25) is 0 Å². The number of pyridine rings is 1. The Morgan fingerprint density at radius 3 is 2.58 bits per heavy atom. The van der Waals surface area contributed by atoms with Crippen molar-refractivity contribution >= 4 is 21.8 Å². The molecule has 1 heterocycles. The summed E-state index contributed by atoms with van der Waals surface area (Å²) in [6.45, 7) is 6.07. The number of unbranched alkanes of at least 4 members (excludes halogenated alkanes) is 1. The number of rotatable bonds is 8. The van der Waals surface area contributed by atoms with E-state index in [0.29, 0.717) is 23.5 Å². The fourth-order valence-corrected chi connectivity index (χ4v) is 3.76. The first-order chi connectivity index (χ1) is 15.7. The number of ether oxygens (including phenoxy) is 1. The third kappa shape index (κ3) is 5.68. The third-order valence-corrected chi connectivity index (χ3v) is 5.96. The number of hydrogen-bond donors (Lipinski definition) is 1. The van der Waals surface area contributed by atoms with Crippen molar-refractivity contribution in [3.8, 4) is 11.4 Å². The molecule has 0 bridgehead atoms. The lowest BCUT2D eigenvalue weighted by Crippen LogP contribution is -2.26. The summed E-state index contributed by atoms with van der Waals surface area (Å²) in [5.74, 6) is -1.35. The first-order valence-corrected chi connectivity index (χ1v) is 11.4. The van der Waals surface area contributed by atoms with Crippen LogP contribution in [0.5, 0.6) is 5.75 Å². The highest BCUT2D eigenvalue weighted by Gasteiger charge is 2.17. The molecule has 174 valence electrons. The number of nitrogens with one attached hydrogen (secondary N) is 1. The fourth-order valence-electron chi connectivity index (χ4n) is 3.35. The Labute approximate surface area is 199 Å². The summed E-state index contributed by atoms with van der Waals surface area (Å²) in [5, 5.41) is 2.88. The lowest BCUT2D eigenvalue weighted by molar-refractivity contribution is 0.0953. The van der Waals surface area contributed by atoms with Crippen LogP contribution in [0.3, 0.4) is 0 Å². The van der Waals surface area contributed by atoms with Crippen LogP contribution >= 0.6 is 15.9 Å². The minimum atomic E-state index is -0.721.